The van der Waals surface area contributed by atoms with Gasteiger partial charge in [0.1, 0.15) is 0 Å². The minimum absolute atomic E-state index is 0.0389. The molecule has 0 aromatic heterocycles. The molecule has 0 aromatic carbocycles. The molecule has 20 atom stereocenters. The number of hydrogen-bond acceptors (Lipinski definition) is 12. The standard InChI is InChI=1S/2C44H68F2N2O4S/c2*1-9-52-38(49)44(45,46)31-11-10-30(28-31)33-15-17-40(6)35(39(33,4)5)16-18-42(8)36(40)13-12-34-37-32(29(2)3)14-19-43(37,21-20-41(34,42)7)47-22-23-48-24-26-53(50,51)27-25-48/h15,28,31-32,34-37,47H,2,9-14,16-27H2,1,3-8H3;10,15,31-32,34-37,47H,2,9,11-14,16-28H2,1,3-8H3/t2*31?,32-,34+,35-,36+,37+,40-,41+,42+,43-/m00/s1. The van der Waals surface area contributed by atoms with Crippen molar-refractivity contribution in [3.63, 3.8) is 0 Å². The topological polar surface area (TPSA) is 151 Å². The molecule has 14 aliphatic rings. The first-order valence-corrected chi connectivity index (χ1v) is 45.7. The molecule has 14 rings (SSSR count). The first-order chi connectivity index (χ1) is 49.5. The van der Waals surface area contributed by atoms with Gasteiger partial charge in [0.2, 0.25) is 0 Å². The lowest BCUT2D eigenvalue weighted by Crippen LogP contribution is -2.68. The average molecular weight is 1520 g/mol. The van der Waals surface area contributed by atoms with Crippen LogP contribution in [0.1, 0.15) is 238 Å². The van der Waals surface area contributed by atoms with E-state index in [-0.39, 0.29) is 110 Å². The van der Waals surface area contributed by atoms with Gasteiger partial charge in [0, 0.05) is 69.4 Å². The number of carbonyl (C=O) groups excluding carboxylic acids is 2. The molecule has 0 amide bonds. The smallest absolute Gasteiger partial charge is 0.377 e. The zero-order valence-electron chi connectivity index (χ0n) is 67.6. The molecule has 2 unspecified atom stereocenters. The molecule has 2 N–H and O–H groups in total. The first kappa shape index (κ1) is 80.9. The summed E-state index contributed by atoms with van der Waals surface area (Å²) in [5.74, 6) is -5.27. The Bertz CT molecular complexity index is 3760. The van der Waals surface area contributed by atoms with Gasteiger partial charge in [-0.1, -0.05) is 118 Å². The maximum atomic E-state index is 15.2. The van der Waals surface area contributed by atoms with E-state index in [1.54, 1.807) is 19.9 Å². The Morgan fingerprint density at radius 2 is 0.934 bits per heavy atom. The van der Waals surface area contributed by atoms with Crippen LogP contribution in [-0.4, -0.2) is 150 Å². The maximum Gasteiger partial charge on any atom is 0.377 e. The highest BCUT2D eigenvalue weighted by molar-refractivity contribution is 7.91. The van der Waals surface area contributed by atoms with Crippen molar-refractivity contribution in [2.24, 2.45) is 114 Å². The number of ether oxygens (including phenoxy) is 2. The van der Waals surface area contributed by atoms with Crippen LogP contribution in [0.25, 0.3) is 0 Å². The van der Waals surface area contributed by atoms with E-state index in [9.17, 15) is 26.4 Å². The zero-order chi connectivity index (χ0) is 76.8. The van der Waals surface area contributed by atoms with Gasteiger partial charge < -0.3 is 29.9 Å². The largest absolute Gasteiger partial charge is 0.462 e. The van der Waals surface area contributed by atoms with E-state index in [0.29, 0.717) is 91.8 Å². The van der Waals surface area contributed by atoms with Crippen molar-refractivity contribution in [2.45, 2.75) is 261 Å². The lowest BCUT2D eigenvalue weighted by molar-refractivity contribution is -0.221. The summed E-state index contributed by atoms with van der Waals surface area (Å²) in [5.41, 5.74) is 8.20. The fraction of sp³-hybridized carbons (Fsp3) is 0.841. The number of esters is 2. The van der Waals surface area contributed by atoms with Gasteiger partial charge in [-0.25, -0.2) is 26.4 Å². The molecule has 596 valence electrons. The van der Waals surface area contributed by atoms with Crippen LogP contribution in [0, 0.1) is 114 Å². The van der Waals surface area contributed by atoms with Crippen molar-refractivity contribution >= 4 is 31.6 Å². The van der Waals surface area contributed by atoms with E-state index in [1.807, 2.05) is 6.08 Å². The number of nitrogens with zero attached hydrogens (tertiary/aromatic N) is 2. The summed E-state index contributed by atoms with van der Waals surface area (Å²) in [4.78, 5) is 29.1. The maximum absolute atomic E-state index is 15.2. The van der Waals surface area contributed by atoms with Crippen molar-refractivity contribution in [2.75, 3.05) is 88.6 Å². The lowest BCUT2D eigenvalue weighted by Gasteiger charge is -2.72. The van der Waals surface area contributed by atoms with Crippen molar-refractivity contribution in [1.29, 1.82) is 0 Å². The predicted molar refractivity (Wildman–Crippen MR) is 416 cm³/mol. The second-order valence-electron chi connectivity index (χ2n) is 40.0. The molecule has 18 heteroatoms. The Kier molecular flexibility index (Phi) is 21.7. The molecular weight excluding hydrogens is 1380 g/mol. The second-order valence-corrected chi connectivity index (χ2v) is 44.6. The summed E-state index contributed by atoms with van der Waals surface area (Å²) >= 11 is 0. The van der Waals surface area contributed by atoms with E-state index in [4.69, 9.17) is 9.47 Å². The third kappa shape index (κ3) is 13.1. The lowest BCUT2D eigenvalue weighted by atomic mass is 9.33. The SMILES string of the molecule is C=C(C)[C@@H]1CC[C@]2(NCCN3CCS(=O)(=O)CC3)CC[C@]3(C)[C@H](CC[C@@H]4[C@@]5(C)CC=C(C6=CC(C(F)(F)C(=O)OCC)CC6)C(C)(C)[C@@H]5CC[C@]43C)[C@@H]12.C=C(C)[C@@H]1CC[C@]2(NCCN3CCS(=O)(=O)CC3)CC[C@]3(C)[C@H](CC[C@@H]4[C@@]5(C)CC=C(C6=CCC(C(F)(F)C(=O)OCC)C6)C(C)(C)[C@@H]5CC[C@]43C)[C@@H]12. The van der Waals surface area contributed by atoms with E-state index in [1.165, 1.54) is 112 Å². The number of sulfone groups is 2. The summed E-state index contributed by atoms with van der Waals surface area (Å²) in [6.45, 7) is 48.2. The number of rotatable bonds is 18. The van der Waals surface area contributed by atoms with Gasteiger partial charge in [-0.15, -0.1) is 0 Å². The quantitative estimate of drug-likeness (QED) is 0.0763. The molecule has 0 bridgehead atoms. The number of allylic oxidation sites excluding steroid dienone is 10. The van der Waals surface area contributed by atoms with E-state index >= 15 is 17.6 Å². The van der Waals surface area contributed by atoms with Crippen molar-refractivity contribution < 1.29 is 53.5 Å². The van der Waals surface area contributed by atoms with Gasteiger partial charge >= 0.3 is 23.8 Å². The molecule has 2 heterocycles. The summed E-state index contributed by atoms with van der Waals surface area (Å²) in [6, 6.07) is 0. The number of alkyl halides is 4. The van der Waals surface area contributed by atoms with Crippen LogP contribution in [0.15, 0.2) is 70.9 Å². The molecule has 2 saturated heterocycles. The van der Waals surface area contributed by atoms with Gasteiger partial charge in [0.05, 0.1) is 42.1 Å². The Morgan fingerprint density at radius 1 is 0.519 bits per heavy atom. The minimum atomic E-state index is -3.50. The van der Waals surface area contributed by atoms with Crippen LogP contribution < -0.4 is 10.6 Å². The zero-order valence-corrected chi connectivity index (χ0v) is 69.2. The molecule has 2 aliphatic heterocycles. The number of carbonyl (C=O) groups is 2. The summed E-state index contributed by atoms with van der Waals surface area (Å²) in [5, 5.41) is 8.37. The van der Waals surface area contributed by atoms with Crippen LogP contribution in [-0.2, 0) is 38.7 Å². The van der Waals surface area contributed by atoms with Gasteiger partial charge in [-0.05, 0) is 294 Å². The fourth-order valence-electron chi connectivity index (χ4n) is 29.3. The van der Waals surface area contributed by atoms with Gasteiger partial charge in [-0.3, -0.25) is 0 Å². The number of fused-ring (bicyclic) bond motifs is 14. The Labute approximate surface area is 636 Å². The van der Waals surface area contributed by atoms with Crippen molar-refractivity contribution in [3.05, 3.63) is 70.9 Å². The monoisotopic (exact) mass is 1520 g/mol. The highest BCUT2D eigenvalue weighted by Crippen LogP contribution is 2.79. The minimum Gasteiger partial charge on any atom is -0.462 e. The molecule has 0 aromatic rings. The van der Waals surface area contributed by atoms with Crippen LogP contribution in [0.4, 0.5) is 17.6 Å². The summed E-state index contributed by atoms with van der Waals surface area (Å²) in [6.07, 6.45) is 31.1. The molecular formula is C88H136F4N4O8S2. The number of halogens is 4. The molecule has 10 fully saturated rings. The van der Waals surface area contributed by atoms with Crippen LogP contribution in [0.3, 0.4) is 0 Å². The Balaban J connectivity index is 0.000000188. The van der Waals surface area contributed by atoms with Crippen LogP contribution >= 0.6 is 0 Å². The van der Waals surface area contributed by atoms with E-state index in [2.05, 4.69) is 129 Å². The third-order valence-corrected chi connectivity index (χ3v) is 38.2. The normalized spacial score (nSPS) is 43.4. The molecule has 8 saturated carbocycles. The van der Waals surface area contributed by atoms with Crippen molar-refractivity contribution in [3.8, 4) is 0 Å². The number of hydrogen-bond donors (Lipinski definition) is 2. The first-order valence-electron chi connectivity index (χ1n) is 42.1. The number of nitrogens with one attached hydrogen (secondary N) is 2. The molecule has 12 nitrogen and oxygen atoms in total. The highest BCUT2D eigenvalue weighted by atomic mass is 32.2. The van der Waals surface area contributed by atoms with E-state index in [0.717, 1.165) is 63.0 Å². The second kappa shape index (κ2) is 28.4. The summed E-state index contributed by atoms with van der Waals surface area (Å²) in [7, 11) is -5.76. The third-order valence-electron chi connectivity index (χ3n) is 35.0. The van der Waals surface area contributed by atoms with Crippen LogP contribution in [0.2, 0.25) is 0 Å². The average Bonchev–Trinajstić information content (AvgIpc) is 1.03. The molecule has 106 heavy (non-hydrogen) atoms. The van der Waals surface area contributed by atoms with Crippen LogP contribution in [0.5, 0.6) is 0 Å². The molecule has 12 aliphatic carbocycles. The molecule has 0 radical (unpaired) electrons. The summed E-state index contributed by atoms with van der Waals surface area (Å²) < 4.78 is 118. The van der Waals surface area contributed by atoms with Gasteiger partial charge in [-0.2, -0.15) is 17.6 Å². The van der Waals surface area contributed by atoms with E-state index < -0.39 is 55.3 Å². The highest BCUT2D eigenvalue weighted by Gasteiger charge is 2.73. The fourth-order valence-corrected chi connectivity index (χ4v) is 31.9. The Hall–Kier alpha value is -3.16. The Morgan fingerprint density at radius 3 is 1.35 bits per heavy atom. The molecule has 0 spiro atoms. The predicted octanol–water partition coefficient (Wildman–Crippen LogP) is 17.6. The van der Waals surface area contributed by atoms with Crippen molar-refractivity contribution in [1.82, 2.24) is 20.4 Å². The van der Waals surface area contributed by atoms with Gasteiger partial charge in [0.25, 0.3) is 0 Å². The van der Waals surface area contributed by atoms with Gasteiger partial charge in [0.15, 0.2) is 19.7 Å².